The molecule has 0 radical (unpaired) electrons. The highest BCUT2D eigenvalue weighted by molar-refractivity contribution is 5.96. The summed E-state index contributed by atoms with van der Waals surface area (Å²) in [5.41, 5.74) is 2.36. The summed E-state index contributed by atoms with van der Waals surface area (Å²) in [4.78, 5) is 28.6. The van der Waals surface area contributed by atoms with Crippen LogP contribution in [0.2, 0.25) is 0 Å². The molecule has 2 aliphatic heterocycles. The van der Waals surface area contributed by atoms with Gasteiger partial charge in [0.05, 0.1) is 12.7 Å². The number of piperidine rings is 1. The molecule has 0 saturated carbocycles. The molecule has 1 aromatic carbocycles. The van der Waals surface area contributed by atoms with Crippen LogP contribution in [-0.4, -0.2) is 53.6 Å². The van der Waals surface area contributed by atoms with E-state index >= 15 is 0 Å². The van der Waals surface area contributed by atoms with Crippen LogP contribution in [-0.2, 0) is 11.3 Å². The van der Waals surface area contributed by atoms with Crippen LogP contribution in [0.15, 0.2) is 18.2 Å². The number of amides is 2. The van der Waals surface area contributed by atoms with Crippen molar-refractivity contribution in [2.75, 3.05) is 25.5 Å². The van der Waals surface area contributed by atoms with E-state index in [2.05, 4.69) is 31.0 Å². The molecule has 0 atom stereocenters. The highest BCUT2D eigenvalue weighted by Crippen LogP contribution is 2.30. The predicted molar refractivity (Wildman–Crippen MR) is 96.7 cm³/mol. The summed E-state index contributed by atoms with van der Waals surface area (Å²) in [6, 6.07) is 5.52. The second-order valence-electron chi connectivity index (χ2n) is 7.81. The van der Waals surface area contributed by atoms with E-state index in [1.807, 2.05) is 11.0 Å². The lowest BCUT2D eigenvalue weighted by molar-refractivity contribution is 0.0599. The molecule has 0 spiro atoms. The number of hydrogen-bond acceptors (Lipinski definition) is 4. The van der Waals surface area contributed by atoms with Gasteiger partial charge in [-0.25, -0.2) is 9.59 Å². The first-order valence-corrected chi connectivity index (χ1v) is 8.83. The number of ether oxygens (including phenoxy) is 1. The number of urea groups is 1. The molecule has 1 fully saturated rings. The Morgan fingerprint density at radius 3 is 2.52 bits per heavy atom. The molecule has 3 rings (SSSR count). The normalized spacial score (nSPS) is 19.4. The summed E-state index contributed by atoms with van der Waals surface area (Å²) < 4.78 is 4.74. The molecule has 2 aliphatic rings. The number of rotatable bonds is 2. The van der Waals surface area contributed by atoms with Crippen LogP contribution in [0.4, 0.5) is 10.5 Å². The summed E-state index contributed by atoms with van der Waals surface area (Å²) in [6.45, 7) is 9.29. The first-order valence-electron chi connectivity index (χ1n) is 8.83. The smallest absolute Gasteiger partial charge is 0.337 e. The van der Waals surface area contributed by atoms with Gasteiger partial charge in [-0.3, -0.25) is 4.90 Å². The van der Waals surface area contributed by atoms with Gasteiger partial charge >= 0.3 is 12.0 Å². The Morgan fingerprint density at radius 2 is 1.92 bits per heavy atom. The standard InChI is InChI=1S/C19H27N3O3/c1-19(2,3)21-9-7-15(8-10-21)22-12-14-6-5-13(17(23)25-4)11-16(14)20-18(22)24/h5-6,11,15H,7-10,12H2,1-4H3,(H,20,24). The Labute approximate surface area is 149 Å². The summed E-state index contributed by atoms with van der Waals surface area (Å²) >= 11 is 0. The lowest BCUT2D eigenvalue weighted by Gasteiger charge is -2.44. The molecule has 1 N–H and O–H groups in total. The first kappa shape index (κ1) is 17.7. The maximum Gasteiger partial charge on any atom is 0.337 e. The Morgan fingerprint density at radius 1 is 1.24 bits per heavy atom. The zero-order valence-electron chi connectivity index (χ0n) is 15.5. The van der Waals surface area contributed by atoms with E-state index in [4.69, 9.17) is 4.74 Å². The summed E-state index contributed by atoms with van der Waals surface area (Å²) in [6.07, 6.45) is 1.97. The maximum atomic E-state index is 12.6. The van der Waals surface area contributed by atoms with Gasteiger partial charge in [-0.1, -0.05) is 6.07 Å². The number of carbonyl (C=O) groups is 2. The Kier molecular flexibility index (Phi) is 4.73. The molecule has 2 heterocycles. The molecule has 1 saturated heterocycles. The van der Waals surface area contributed by atoms with Crippen molar-refractivity contribution in [3.05, 3.63) is 29.3 Å². The van der Waals surface area contributed by atoms with Crippen LogP contribution in [0.3, 0.4) is 0 Å². The van der Waals surface area contributed by atoms with Gasteiger partial charge in [-0.05, 0) is 51.3 Å². The van der Waals surface area contributed by atoms with Crippen molar-refractivity contribution in [1.82, 2.24) is 9.80 Å². The number of likely N-dealkylation sites (tertiary alicyclic amines) is 1. The Hall–Kier alpha value is -2.08. The molecular weight excluding hydrogens is 318 g/mol. The van der Waals surface area contributed by atoms with Gasteiger partial charge < -0.3 is 15.0 Å². The summed E-state index contributed by atoms with van der Waals surface area (Å²) in [5, 5.41) is 2.93. The fraction of sp³-hybridized carbons (Fsp3) is 0.579. The summed E-state index contributed by atoms with van der Waals surface area (Å²) in [7, 11) is 1.35. The minimum atomic E-state index is -0.394. The maximum absolute atomic E-state index is 12.6. The number of esters is 1. The monoisotopic (exact) mass is 345 g/mol. The fourth-order valence-corrected chi connectivity index (χ4v) is 3.66. The van der Waals surface area contributed by atoms with Crippen LogP contribution in [0.1, 0.15) is 49.5 Å². The van der Waals surface area contributed by atoms with Crippen molar-refractivity contribution in [1.29, 1.82) is 0 Å². The highest BCUT2D eigenvalue weighted by atomic mass is 16.5. The largest absolute Gasteiger partial charge is 0.465 e. The number of carbonyl (C=O) groups excluding carboxylic acids is 2. The quantitative estimate of drug-likeness (QED) is 0.837. The minimum absolute atomic E-state index is 0.0799. The lowest BCUT2D eigenvalue weighted by Crippen LogP contribution is -2.53. The van der Waals surface area contributed by atoms with Crippen molar-refractivity contribution in [2.45, 2.75) is 51.7 Å². The van der Waals surface area contributed by atoms with Crippen molar-refractivity contribution < 1.29 is 14.3 Å². The molecule has 0 bridgehead atoms. The average Bonchev–Trinajstić information content (AvgIpc) is 2.59. The molecule has 2 amide bonds. The van der Waals surface area contributed by atoms with Gasteiger partial charge in [0.1, 0.15) is 0 Å². The number of nitrogens with zero attached hydrogens (tertiary/aromatic N) is 2. The van der Waals surface area contributed by atoms with Crippen LogP contribution >= 0.6 is 0 Å². The van der Waals surface area contributed by atoms with Crippen LogP contribution < -0.4 is 5.32 Å². The predicted octanol–water partition coefficient (Wildman–Crippen LogP) is 3.08. The third kappa shape index (κ3) is 3.63. The number of benzene rings is 1. The lowest BCUT2D eigenvalue weighted by atomic mass is 9.96. The van der Waals surface area contributed by atoms with Gasteiger partial charge in [0.15, 0.2) is 0 Å². The molecule has 0 aromatic heterocycles. The van der Waals surface area contributed by atoms with Gasteiger partial charge in [0.2, 0.25) is 0 Å². The zero-order chi connectivity index (χ0) is 18.2. The molecule has 136 valence electrons. The Bertz CT molecular complexity index is 673. The fourth-order valence-electron chi connectivity index (χ4n) is 3.66. The third-order valence-electron chi connectivity index (χ3n) is 5.23. The van der Waals surface area contributed by atoms with Gasteiger partial charge in [-0.2, -0.15) is 0 Å². The van der Waals surface area contributed by atoms with Gasteiger partial charge in [0, 0.05) is 36.9 Å². The van der Waals surface area contributed by atoms with E-state index in [0.29, 0.717) is 17.8 Å². The number of fused-ring (bicyclic) bond motifs is 1. The molecule has 6 nitrogen and oxygen atoms in total. The molecule has 1 aromatic rings. The number of anilines is 1. The van der Waals surface area contributed by atoms with Crippen molar-refractivity contribution in [2.24, 2.45) is 0 Å². The minimum Gasteiger partial charge on any atom is -0.465 e. The second-order valence-corrected chi connectivity index (χ2v) is 7.81. The highest BCUT2D eigenvalue weighted by Gasteiger charge is 2.34. The summed E-state index contributed by atoms with van der Waals surface area (Å²) in [5.74, 6) is -0.394. The van der Waals surface area contributed by atoms with Crippen LogP contribution in [0.25, 0.3) is 0 Å². The van der Waals surface area contributed by atoms with Crippen LogP contribution in [0.5, 0.6) is 0 Å². The molecule has 0 aliphatic carbocycles. The van der Waals surface area contributed by atoms with E-state index in [9.17, 15) is 9.59 Å². The van der Waals surface area contributed by atoms with Crippen LogP contribution in [0, 0.1) is 0 Å². The Balaban J connectivity index is 1.70. The second kappa shape index (κ2) is 6.67. The SMILES string of the molecule is COC(=O)c1ccc2c(c1)NC(=O)N(C1CCN(C(C)(C)C)CC1)C2. The average molecular weight is 345 g/mol. The zero-order valence-corrected chi connectivity index (χ0v) is 15.5. The van der Waals surface area contributed by atoms with Crippen molar-refractivity contribution >= 4 is 17.7 Å². The van der Waals surface area contributed by atoms with Crippen molar-refractivity contribution in [3.8, 4) is 0 Å². The van der Waals surface area contributed by atoms with E-state index in [1.54, 1.807) is 12.1 Å². The van der Waals surface area contributed by atoms with Gasteiger partial charge in [-0.15, -0.1) is 0 Å². The number of methoxy groups -OCH3 is 1. The van der Waals surface area contributed by atoms with Crippen molar-refractivity contribution in [3.63, 3.8) is 0 Å². The topological polar surface area (TPSA) is 61.9 Å². The molecular formula is C19H27N3O3. The number of nitrogens with one attached hydrogen (secondary N) is 1. The first-order chi connectivity index (χ1) is 11.8. The van der Waals surface area contributed by atoms with E-state index in [-0.39, 0.29) is 17.6 Å². The molecule has 0 unspecified atom stereocenters. The van der Waals surface area contributed by atoms with E-state index in [1.165, 1.54) is 7.11 Å². The number of hydrogen-bond donors (Lipinski definition) is 1. The molecule has 6 heteroatoms. The van der Waals surface area contributed by atoms with E-state index < -0.39 is 5.97 Å². The van der Waals surface area contributed by atoms with E-state index in [0.717, 1.165) is 31.5 Å². The molecule has 25 heavy (non-hydrogen) atoms. The van der Waals surface area contributed by atoms with Gasteiger partial charge in [0.25, 0.3) is 0 Å². The third-order valence-corrected chi connectivity index (χ3v) is 5.23.